The van der Waals surface area contributed by atoms with Crippen molar-refractivity contribution >= 4 is 22.4 Å². The summed E-state index contributed by atoms with van der Waals surface area (Å²) in [4.78, 5) is 15.9. The molecule has 1 aliphatic carbocycles. The summed E-state index contributed by atoms with van der Waals surface area (Å²) >= 11 is 6.05. The Bertz CT molecular complexity index is 1090. The largest absolute Gasteiger partial charge is 0.303 e. The van der Waals surface area contributed by atoms with Crippen molar-refractivity contribution in [2.24, 2.45) is 5.92 Å². The molecule has 1 atom stereocenters. The minimum absolute atomic E-state index is 0.0473. The van der Waals surface area contributed by atoms with Gasteiger partial charge < -0.3 is 4.90 Å². The van der Waals surface area contributed by atoms with Gasteiger partial charge >= 0.3 is 0 Å². The first-order valence-corrected chi connectivity index (χ1v) is 11.5. The van der Waals surface area contributed by atoms with Crippen LogP contribution in [0.15, 0.2) is 53.3 Å². The van der Waals surface area contributed by atoms with E-state index in [9.17, 15) is 4.79 Å². The molecule has 5 heteroatoms. The van der Waals surface area contributed by atoms with E-state index in [0.717, 1.165) is 65.3 Å². The molecule has 2 fully saturated rings. The molecule has 1 unspecified atom stereocenters. The summed E-state index contributed by atoms with van der Waals surface area (Å²) in [5, 5.41) is 7.40. The van der Waals surface area contributed by atoms with Gasteiger partial charge in [-0.3, -0.25) is 4.79 Å². The summed E-state index contributed by atoms with van der Waals surface area (Å²) in [5.41, 5.74) is 2.16. The van der Waals surface area contributed by atoms with Gasteiger partial charge in [0.25, 0.3) is 5.56 Å². The SMILES string of the molecule is O=c1c2ccccc2c(Cc2ccc(Cl)cc2)nn1C1CCCN(CC2CC2)CC1. The van der Waals surface area contributed by atoms with E-state index in [0.29, 0.717) is 6.42 Å². The lowest BCUT2D eigenvalue weighted by Gasteiger charge is -2.21. The normalized spacial score (nSPS) is 20.4. The number of fused-ring (bicyclic) bond motifs is 1. The van der Waals surface area contributed by atoms with Crippen molar-refractivity contribution < 1.29 is 0 Å². The summed E-state index contributed by atoms with van der Waals surface area (Å²) in [6.07, 6.45) is 6.62. The van der Waals surface area contributed by atoms with Crippen molar-refractivity contribution in [2.75, 3.05) is 19.6 Å². The summed E-state index contributed by atoms with van der Waals surface area (Å²) in [5.74, 6) is 0.911. The van der Waals surface area contributed by atoms with Crippen molar-refractivity contribution in [3.8, 4) is 0 Å². The fourth-order valence-corrected chi connectivity index (χ4v) is 4.80. The van der Waals surface area contributed by atoms with Gasteiger partial charge in [-0.05, 0) is 68.3 Å². The summed E-state index contributed by atoms with van der Waals surface area (Å²) in [6.45, 7) is 3.44. The van der Waals surface area contributed by atoms with Gasteiger partial charge in [0.2, 0.25) is 0 Å². The van der Waals surface area contributed by atoms with Crippen molar-refractivity contribution in [3.05, 3.63) is 75.2 Å². The highest BCUT2D eigenvalue weighted by Gasteiger charge is 2.27. The highest BCUT2D eigenvalue weighted by molar-refractivity contribution is 6.30. The summed E-state index contributed by atoms with van der Waals surface area (Å²) in [7, 11) is 0. The van der Waals surface area contributed by atoms with Gasteiger partial charge in [0, 0.05) is 29.9 Å². The van der Waals surface area contributed by atoms with E-state index in [4.69, 9.17) is 16.7 Å². The lowest BCUT2D eigenvalue weighted by Crippen LogP contribution is -2.30. The second-order valence-electron chi connectivity index (χ2n) is 8.87. The van der Waals surface area contributed by atoms with Gasteiger partial charge in [-0.1, -0.05) is 41.9 Å². The zero-order valence-corrected chi connectivity index (χ0v) is 18.0. The number of nitrogens with zero attached hydrogens (tertiary/aromatic N) is 3. The first-order valence-electron chi connectivity index (χ1n) is 11.1. The smallest absolute Gasteiger partial charge is 0.274 e. The number of hydrogen-bond donors (Lipinski definition) is 0. The zero-order chi connectivity index (χ0) is 20.5. The Hall–Kier alpha value is -2.17. The third-order valence-electron chi connectivity index (χ3n) is 6.54. The molecule has 0 spiro atoms. The molecule has 156 valence electrons. The minimum atomic E-state index is 0.0473. The van der Waals surface area contributed by atoms with Crippen LogP contribution in [0.1, 0.15) is 49.4 Å². The van der Waals surface area contributed by atoms with Gasteiger partial charge in [0.05, 0.1) is 17.1 Å². The number of halogens is 1. The Labute approximate surface area is 182 Å². The monoisotopic (exact) mass is 421 g/mol. The average molecular weight is 422 g/mol. The van der Waals surface area contributed by atoms with Crippen LogP contribution in [0.5, 0.6) is 0 Å². The van der Waals surface area contributed by atoms with E-state index in [2.05, 4.69) is 4.90 Å². The van der Waals surface area contributed by atoms with Crippen molar-refractivity contribution in [1.29, 1.82) is 0 Å². The third-order valence-corrected chi connectivity index (χ3v) is 6.79. The second-order valence-corrected chi connectivity index (χ2v) is 9.31. The van der Waals surface area contributed by atoms with Crippen LogP contribution in [0.2, 0.25) is 5.02 Å². The van der Waals surface area contributed by atoms with Gasteiger partial charge in [-0.2, -0.15) is 5.10 Å². The Kier molecular flexibility index (Phi) is 5.62. The Morgan fingerprint density at radius 2 is 1.70 bits per heavy atom. The van der Waals surface area contributed by atoms with Crippen LogP contribution in [0.4, 0.5) is 0 Å². The van der Waals surface area contributed by atoms with Crippen molar-refractivity contribution in [3.63, 3.8) is 0 Å². The van der Waals surface area contributed by atoms with Crippen LogP contribution in [-0.4, -0.2) is 34.3 Å². The fraction of sp³-hybridized carbons (Fsp3) is 0.440. The highest BCUT2D eigenvalue weighted by atomic mass is 35.5. The predicted molar refractivity (Wildman–Crippen MR) is 122 cm³/mol. The molecule has 4 nitrogen and oxygen atoms in total. The van der Waals surface area contributed by atoms with Crippen molar-refractivity contribution in [2.45, 2.75) is 44.6 Å². The molecule has 1 aromatic heterocycles. The minimum Gasteiger partial charge on any atom is -0.303 e. The average Bonchev–Trinajstić information content (AvgIpc) is 3.60. The Morgan fingerprint density at radius 1 is 0.933 bits per heavy atom. The van der Waals surface area contributed by atoms with Gasteiger partial charge in [0.15, 0.2) is 0 Å². The van der Waals surface area contributed by atoms with E-state index in [-0.39, 0.29) is 11.6 Å². The lowest BCUT2D eigenvalue weighted by molar-refractivity contribution is 0.267. The first kappa shape index (κ1) is 19.8. The number of rotatable bonds is 5. The maximum absolute atomic E-state index is 13.3. The molecule has 0 bridgehead atoms. The van der Waals surface area contributed by atoms with Crippen LogP contribution in [-0.2, 0) is 6.42 Å². The first-order chi connectivity index (χ1) is 14.7. The molecule has 30 heavy (non-hydrogen) atoms. The Balaban J connectivity index is 1.47. The van der Waals surface area contributed by atoms with E-state index < -0.39 is 0 Å². The van der Waals surface area contributed by atoms with E-state index >= 15 is 0 Å². The molecular weight excluding hydrogens is 394 g/mol. The standard InChI is InChI=1S/C25H28ClN3O/c26-20-11-9-18(10-12-20)16-24-22-5-1-2-6-23(22)25(30)29(27-24)21-4-3-14-28(15-13-21)17-19-7-8-19/h1-2,5-6,9-12,19,21H,3-4,7-8,13-17H2. The summed E-state index contributed by atoms with van der Waals surface area (Å²) in [6, 6.07) is 16.0. The number of hydrogen-bond acceptors (Lipinski definition) is 3. The molecule has 2 heterocycles. The van der Waals surface area contributed by atoms with Gasteiger partial charge in [0.1, 0.15) is 0 Å². The number of benzene rings is 2. The molecule has 0 N–H and O–H groups in total. The molecule has 1 aliphatic heterocycles. The van der Waals surface area contributed by atoms with Crippen LogP contribution >= 0.6 is 11.6 Å². The van der Waals surface area contributed by atoms with E-state index in [1.54, 1.807) is 4.68 Å². The molecule has 3 aromatic rings. The molecule has 2 aliphatic rings. The van der Waals surface area contributed by atoms with E-state index in [1.165, 1.54) is 19.4 Å². The lowest BCUT2D eigenvalue weighted by atomic mass is 10.0. The highest BCUT2D eigenvalue weighted by Crippen LogP contribution is 2.31. The quantitative estimate of drug-likeness (QED) is 0.576. The third kappa shape index (κ3) is 4.30. The van der Waals surface area contributed by atoms with E-state index in [1.807, 2.05) is 48.5 Å². The maximum Gasteiger partial charge on any atom is 0.274 e. The molecule has 2 aromatic carbocycles. The molecular formula is C25H28ClN3O. The molecule has 0 amide bonds. The van der Waals surface area contributed by atoms with Crippen molar-refractivity contribution in [1.82, 2.24) is 14.7 Å². The second kappa shape index (κ2) is 8.52. The number of aromatic nitrogens is 2. The van der Waals surface area contributed by atoms with Gasteiger partial charge in [-0.25, -0.2) is 4.68 Å². The van der Waals surface area contributed by atoms with Gasteiger partial charge in [-0.15, -0.1) is 0 Å². The Morgan fingerprint density at radius 3 is 2.47 bits per heavy atom. The van der Waals surface area contributed by atoms with Crippen LogP contribution in [0.3, 0.4) is 0 Å². The molecule has 1 saturated heterocycles. The topological polar surface area (TPSA) is 38.1 Å². The molecule has 1 saturated carbocycles. The van der Waals surface area contributed by atoms with Crippen LogP contribution < -0.4 is 5.56 Å². The predicted octanol–water partition coefficient (Wildman–Crippen LogP) is 5.08. The van der Waals surface area contributed by atoms with Crippen LogP contribution in [0, 0.1) is 5.92 Å². The fourth-order valence-electron chi connectivity index (χ4n) is 4.68. The number of likely N-dealkylation sites (tertiary alicyclic amines) is 1. The molecule has 5 rings (SSSR count). The maximum atomic E-state index is 13.3. The molecule has 0 radical (unpaired) electrons. The summed E-state index contributed by atoms with van der Waals surface area (Å²) < 4.78 is 1.80. The van der Waals surface area contributed by atoms with Crippen LogP contribution in [0.25, 0.3) is 10.8 Å². The zero-order valence-electron chi connectivity index (χ0n) is 17.3.